The first kappa shape index (κ1) is 39.9. The summed E-state index contributed by atoms with van der Waals surface area (Å²) in [5, 5.41) is 5.88. The number of nitrogens with one attached hydrogen (secondary N) is 1. The van der Waals surface area contributed by atoms with Gasteiger partial charge in [0.1, 0.15) is 0 Å². The van der Waals surface area contributed by atoms with Crippen LogP contribution in [-0.2, 0) is 0 Å². The van der Waals surface area contributed by atoms with Gasteiger partial charge >= 0.3 is 0 Å². The minimum Gasteiger partial charge on any atom is -0.350 e. The number of para-hydroxylation sites is 1. The third-order valence-electron chi connectivity index (χ3n) is 10.8. The van der Waals surface area contributed by atoms with E-state index in [1.807, 2.05) is 18.2 Å². The summed E-state index contributed by atoms with van der Waals surface area (Å²) in [5.41, 5.74) is 7.55. The van der Waals surface area contributed by atoms with E-state index in [2.05, 4.69) is 185 Å². The maximum absolute atomic E-state index is 5.10. The van der Waals surface area contributed by atoms with Crippen molar-refractivity contribution < 1.29 is 0 Å². The van der Waals surface area contributed by atoms with Crippen molar-refractivity contribution in [3.8, 4) is 11.1 Å². The van der Waals surface area contributed by atoms with Crippen LogP contribution in [0.1, 0.15) is 52.0 Å². The highest BCUT2D eigenvalue weighted by Gasteiger charge is 2.25. The van der Waals surface area contributed by atoms with Gasteiger partial charge < -0.3 is 5.32 Å². The molecule has 3 heteroatoms. The van der Waals surface area contributed by atoms with Gasteiger partial charge in [-0.3, -0.25) is 4.90 Å². The third kappa shape index (κ3) is 10.9. The molecule has 0 fully saturated rings. The fourth-order valence-corrected chi connectivity index (χ4v) is 7.37. The van der Waals surface area contributed by atoms with Gasteiger partial charge in [-0.25, -0.2) is 4.99 Å². The SMILES string of the molecule is C=C[C@H](C)C(CCC)C[C@H]1C=CC=CC1CC(=C)/C=C\C(=C)C(=C)/C=C\C=C/CN(CC)[C@H]1N=c2ccccc2=C(c2ccc(-c3ccccc3)cc2)N1. The van der Waals surface area contributed by atoms with Crippen LogP contribution in [0, 0.1) is 23.7 Å². The smallest absolute Gasteiger partial charge is 0.177 e. The van der Waals surface area contributed by atoms with E-state index in [9.17, 15) is 0 Å². The van der Waals surface area contributed by atoms with Gasteiger partial charge in [0.2, 0.25) is 0 Å². The van der Waals surface area contributed by atoms with Gasteiger partial charge in [-0.05, 0) is 77.0 Å². The zero-order chi connectivity index (χ0) is 38.3. The average Bonchev–Trinajstić information content (AvgIpc) is 3.21. The molecule has 1 aliphatic carbocycles. The van der Waals surface area contributed by atoms with Crippen LogP contribution in [0.2, 0.25) is 0 Å². The zero-order valence-corrected chi connectivity index (χ0v) is 32.7. The number of rotatable bonds is 19. The molecule has 5 rings (SSSR count). The van der Waals surface area contributed by atoms with E-state index in [0.29, 0.717) is 23.7 Å². The number of allylic oxidation sites excluding steroid dienone is 13. The van der Waals surface area contributed by atoms with E-state index >= 15 is 0 Å². The molecule has 3 aromatic rings. The molecule has 0 spiro atoms. The highest BCUT2D eigenvalue weighted by Crippen LogP contribution is 2.35. The molecule has 2 aliphatic rings. The quantitative estimate of drug-likeness (QED) is 0.0989. The number of benzene rings is 3. The van der Waals surface area contributed by atoms with E-state index in [0.717, 1.165) is 58.1 Å². The first-order chi connectivity index (χ1) is 26.3. The molecular formula is C51H59N3. The van der Waals surface area contributed by atoms with E-state index < -0.39 is 0 Å². The summed E-state index contributed by atoms with van der Waals surface area (Å²) in [7, 11) is 0. The molecule has 2 unspecified atom stereocenters. The summed E-state index contributed by atoms with van der Waals surface area (Å²) in [4.78, 5) is 7.43. The molecule has 1 heterocycles. The molecule has 3 aromatic carbocycles. The molecule has 0 amide bonds. The maximum atomic E-state index is 5.10. The molecule has 3 nitrogen and oxygen atoms in total. The molecule has 5 atom stereocenters. The Bertz CT molecular complexity index is 2020. The van der Waals surface area contributed by atoms with Crippen LogP contribution in [0.15, 0.2) is 194 Å². The fourth-order valence-electron chi connectivity index (χ4n) is 7.37. The highest BCUT2D eigenvalue weighted by molar-refractivity contribution is 5.70. The van der Waals surface area contributed by atoms with E-state index in [-0.39, 0.29) is 6.29 Å². The number of hydrogen-bond acceptors (Lipinski definition) is 3. The van der Waals surface area contributed by atoms with Crippen LogP contribution in [0.3, 0.4) is 0 Å². The maximum Gasteiger partial charge on any atom is 0.177 e. The van der Waals surface area contributed by atoms with Crippen LogP contribution >= 0.6 is 0 Å². The van der Waals surface area contributed by atoms with Gasteiger partial charge in [0, 0.05) is 11.8 Å². The molecule has 1 N–H and O–H groups in total. The lowest BCUT2D eigenvalue weighted by Gasteiger charge is -2.31. The lowest BCUT2D eigenvalue weighted by Crippen LogP contribution is -2.51. The van der Waals surface area contributed by atoms with Crippen LogP contribution in [0.25, 0.3) is 16.8 Å². The Morgan fingerprint density at radius 2 is 1.46 bits per heavy atom. The van der Waals surface area contributed by atoms with Crippen molar-refractivity contribution in [1.82, 2.24) is 10.2 Å². The molecule has 278 valence electrons. The molecule has 0 bridgehead atoms. The number of fused-ring (bicyclic) bond motifs is 1. The Morgan fingerprint density at radius 1 is 0.796 bits per heavy atom. The summed E-state index contributed by atoms with van der Waals surface area (Å²) in [5.74, 6) is 2.16. The largest absolute Gasteiger partial charge is 0.350 e. The third-order valence-corrected chi connectivity index (χ3v) is 10.8. The molecule has 0 saturated carbocycles. The fraction of sp³-hybridized carbons (Fsp3) is 0.275. The van der Waals surface area contributed by atoms with Crippen molar-refractivity contribution in [3.05, 3.63) is 205 Å². The predicted molar refractivity (Wildman–Crippen MR) is 233 cm³/mol. The summed E-state index contributed by atoms with van der Waals surface area (Å²) in [6, 6.07) is 27.7. The predicted octanol–water partition coefficient (Wildman–Crippen LogP) is 11.1. The van der Waals surface area contributed by atoms with E-state index in [1.54, 1.807) is 0 Å². The standard InChI is InChI=1S/C51H59N3/c1-8-21-45(39(5)9-2)37-47-26-17-16-25-46(47)36-38(4)29-30-41(7)40(6)22-13-12-20-35-54(10-3)51-52-49-28-19-18-27-48(49)50(53-51)44-33-31-43(32-34-44)42-23-14-11-15-24-42/h9,11-20,22-34,39,45-47,51,53H,2,4,6-8,10,21,35-37H2,1,3,5H3/b20-12-,22-13-,30-29-/t39-,45?,46?,47+,51-/m0/s1. The second-order valence-corrected chi connectivity index (χ2v) is 14.6. The molecule has 0 saturated heterocycles. The van der Waals surface area contributed by atoms with Crippen molar-refractivity contribution >= 4 is 5.70 Å². The van der Waals surface area contributed by atoms with Gasteiger partial charge in [0.25, 0.3) is 0 Å². The molecule has 54 heavy (non-hydrogen) atoms. The molecule has 0 radical (unpaired) electrons. The Kier molecular flexibility index (Phi) is 15.0. The average molecular weight is 714 g/mol. The summed E-state index contributed by atoms with van der Waals surface area (Å²) < 4.78 is 0. The van der Waals surface area contributed by atoms with Crippen LogP contribution in [-0.4, -0.2) is 24.3 Å². The Hall–Kier alpha value is -5.25. The van der Waals surface area contributed by atoms with E-state index in [4.69, 9.17) is 4.99 Å². The molecular weight excluding hydrogens is 655 g/mol. The second kappa shape index (κ2) is 20.3. The van der Waals surface area contributed by atoms with Gasteiger partial charge in [0.15, 0.2) is 6.29 Å². The van der Waals surface area contributed by atoms with Gasteiger partial charge in [0.05, 0.1) is 11.1 Å². The minimum absolute atomic E-state index is 0.181. The zero-order valence-electron chi connectivity index (χ0n) is 32.7. The highest BCUT2D eigenvalue weighted by atomic mass is 15.4. The number of hydrogen-bond donors (Lipinski definition) is 1. The van der Waals surface area contributed by atoms with Gasteiger partial charge in [-0.1, -0.05) is 199 Å². The summed E-state index contributed by atoms with van der Waals surface area (Å²) in [6.07, 6.45) is 28.1. The first-order valence-corrected chi connectivity index (χ1v) is 19.7. The van der Waals surface area contributed by atoms with Crippen LogP contribution in [0.4, 0.5) is 0 Å². The van der Waals surface area contributed by atoms with E-state index in [1.165, 1.54) is 30.4 Å². The van der Waals surface area contributed by atoms with Crippen LogP contribution < -0.4 is 15.9 Å². The molecule has 1 aliphatic heterocycles. The topological polar surface area (TPSA) is 27.6 Å². The van der Waals surface area contributed by atoms with Crippen molar-refractivity contribution in [2.45, 2.75) is 52.7 Å². The monoisotopic (exact) mass is 713 g/mol. The Labute approximate surface area is 325 Å². The van der Waals surface area contributed by atoms with Gasteiger partial charge in [-0.15, -0.1) is 6.58 Å². The number of nitrogens with zero attached hydrogens (tertiary/aromatic N) is 2. The summed E-state index contributed by atoms with van der Waals surface area (Å²) >= 11 is 0. The van der Waals surface area contributed by atoms with Gasteiger partial charge in [-0.2, -0.15) is 0 Å². The second-order valence-electron chi connectivity index (χ2n) is 14.6. The lowest BCUT2D eigenvalue weighted by molar-refractivity contribution is 0.211. The van der Waals surface area contributed by atoms with Crippen molar-refractivity contribution in [3.63, 3.8) is 0 Å². The van der Waals surface area contributed by atoms with Crippen LogP contribution in [0.5, 0.6) is 0 Å². The first-order valence-electron chi connectivity index (χ1n) is 19.7. The Balaban J connectivity index is 1.14. The van der Waals surface area contributed by atoms with Crippen molar-refractivity contribution in [2.24, 2.45) is 28.7 Å². The minimum atomic E-state index is -0.181. The number of likely N-dealkylation sites (N-methyl/N-ethyl adjacent to an activating group) is 1. The lowest BCUT2D eigenvalue weighted by atomic mass is 9.75. The summed E-state index contributed by atoms with van der Waals surface area (Å²) in [6.45, 7) is 25.4. The van der Waals surface area contributed by atoms with Crippen molar-refractivity contribution in [2.75, 3.05) is 13.1 Å². The molecule has 0 aromatic heterocycles. The van der Waals surface area contributed by atoms with Crippen molar-refractivity contribution in [1.29, 1.82) is 0 Å². The Morgan fingerprint density at radius 3 is 2.19 bits per heavy atom. The normalized spacial score (nSPS) is 19.1.